The molecule has 0 aromatic rings. The third-order valence-electron chi connectivity index (χ3n) is 1.81. The van der Waals surface area contributed by atoms with E-state index in [-0.39, 0.29) is 12.3 Å². The standard InChI is InChI=1S/C8H20N2O/c1-8(2,10-7-11)5-3-4-6-9/h10-11H,3-7,9H2,1-2H3. The molecule has 3 nitrogen and oxygen atoms in total. The van der Waals surface area contributed by atoms with E-state index < -0.39 is 0 Å². The van der Waals surface area contributed by atoms with Crippen LogP contribution in [0.3, 0.4) is 0 Å². The van der Waals surface area contributed by atoms with E-state index >= 15 is 0 Å². The molecule has 0 amide bonds. The highest BCUT2D eigenvalue weighted by Gasteiger charge is 2.14. The summed E-state index contributed by atoms with van der Waals surface area (Å²) >= 11 is 0. The number of hydrogen-bond donors (Lipinski definition) is 3. The molecule has 0 aromatic carbocycles. The van der Waals surface area contributed by atoms with Crippen LogP contribution in [0.25, 0.3) is 0 Å². The lowest BCUT2D eigenvalue weighted by molar-refractivity contribution is 0.201. The molecule has 0 fully saturated rings. The lowest BCUT2D eigenvalue weighted by atomic mass is 9.98. The molecule has 0 aliphatic heterocycles. The number of nitrogens with one attached hydrogen (secondary N) is 1. The Bertz CT molecular complexity index is 94.1. The maximum atomic E-state index is 8.62. The summed E-state index contributed by atoms with van der Waals surface area (Å²) in [6, 6.07) is 0. The van der Waals surface area contributed by atoms with Crippen molar-refractivity contribution in [1.29, 1.82) is 0 Å². The van der Waals surface area contributed by atoms with Crippen LogP contribution < -0.4 is 11.1 Å². The van der Waals surface area contributed by atoms with E-state index in [1.54, 1.807) is 0 Å². The topological polar surface area (TPSA) is 58.3 Å². The molecular formula is C8H20N2O. The Morgan fingerprint density at radius 2 is 2.00 bits per heavy atom. The van der Waals surface area contributed by atoms with Crippen LogP contribution in [0.15, 0.2) is 0 Å². The van der Waals surface area contributed by atoms with Gasteiger partial charge in [0, 0.05) is 5.54 Å². The summed E-state index contributed by atoms with van der Waals surface area (Å²) in [5.41, 5.74) is 5.41. The SMILES string of the molecule is CC(C)(CCCCN)NCO. The minimum atomic E-state index is 0.0456. The second kappa shape index (κ2) is 5.52. The van der Waals surface area contributed by atoms with E-state index in [9.17, 15) is 0 Å². The summed E-state index contributed by atoms with van der Waals surface area (Å²) in [6.45, 7) is 4.98. The molecule has 0 bridgehead atoms. The Balaban J connectivity index is 3.38. The molecule has 11 heavy (non-hydrogen) atoms. The number of nitrogens with two attached hydrogens (primary N) is 1. The second-order valence-electron chi connectivity index (χ2n) is 3.46. The van der Waals surface area contributed by atoms with E-state index in [2.05, 4.69) is 19.2 Å². The molecule has 0 saturated carbocycles. The highest BCUT2D eigenvalue weighted by Crippen LogP contribution is 2.11. The van der Waals surface area contributed by atoms with E-state index in [0.717, 1.165) is 25.8 Å². The van der Waals surface area contributed by atoms with Gasteiger partial charge in [0.25, 0.3) is 0 Å². The van der Waals surface area contributed by atoms with Crippen molar-refractivity contribution in [2.45, 2.75) is 38.6 Å². The average molecular weight is 160 g/mol. The van der Waals surface area contributed by atoms with Gasteiger partial charge in [-0.25, -0.2) is 0 Å². The van der Waals surface area contributed by atoms with Gasteiger partial charge in [-0.2, -0.15) is 0 Å². The fourth-order valence-corrected chi connectivity index (χ4v) is 1.01. The lowest BCUT2D eigenvalue weighted by Crippen LogP contribution is -2.39. The van der Waals surface area contributed by atoms with E-state index in [1.807, 2.05) is 0 Å². The van der Waals surface area contributed by atoms with E-state index in [1.165, 1.54) is 0 Å². The first-order valence-electron chi connectivity index (χ1n) is 4.18. The molecule has 3 heteroatoms. The van der Waals surface area contributed by atoms with Gasteiger partial charge < -0.3 is 10.8 Å². The minimum absolute atomic E-state index is 0.0456. The number of aliphatic hydroxyl groups is 1. The van der Waals surface area contributed by atoms with Crippen LogP contribution in [0.1, 0.15) is 33.1 Å². The molecule has 0 spiro atoms. The van der Waals surface area contributed by atoms with Gasteiger partial charge in [0.05, 0.1) is 6.73 Å². The Kier molecular flexibility index (Phi) is 5.46. The van der Waals surface area contributed by atoms with Crippen molar-refractivity contribution in [1.82, 2.24) is 5.32 Å². The molecule has 0 rings (SSSR count). The first kappa shape index (κ1) is 10.9. The van der Waals surface area contributed by atoms with Gasteiger partial charge in [0.1, 0.15) is 0 Å². The van der Waals surface area contributed by atoms with Crippen molar-refractivity contribution < 1.29 is 5.11 Å². The third-order valence-corrected chi connectivity index (χ3v) is 1.81. The molecule has 0 radical (unpaired) electrons. The fraction of sp³-hybridized carbons (Fsp3) is 1.00. The minimum Gasteiger partial charge on any atom is -0.381 e. The Morgan fingerprint density at radius 3 is 2.45 bits per heavy atom. The van der Waals surface area contributed by atoms with Gasteiger partial charge in [-0.15, -0.1) is 0 Å². The number of aliphatic hydroxyl groups excluding tert-OH is 1. The first-order valence-corrected chi connectivity index (χ1v) is 4.18. The fourth-order valence-electron chi connectivity index (χ4n) is 1.01. The molecule has 0 unspecified atom stereocenters. The Hall–Kier alpha value is -0.120. The van der Waals surface area contributed by atoms with Gasteiger partial charge >= 0.3 is 0 Å². The van der Waals surface area contributed by atoms with Crippen molar-refractivity contribution >= 4 is 0 Å². The van der Waals surface area contributed by atoms with Gasteiger partial charge in [-0.05, 0) is 33.2 Å². The summed E-state index contributed by atoms with van der Waals surface area (Å²) < 4.78 is 0. The maximum absolute atomic E-state index is 8.62. The Morgan fingerprint density at radius 1 is 1.36 bits per heavy atom. The summed E-state index contributed by atoms with van der Waals surface area (Å²) in [5, 5.41) is 11.6. The molecule has 4 N–H and O–H groups in total. The van der Waals surface area contributed by atoms with Crippen molar-refractivity contribution in [2.75, 3.05) is 13.3 Å². The van der Waals surface area contributed by atoms with Crippen LogP contribution >= 0.6 is 0 Å². The monoisotopic (exact) mass is 160 g/mol. The molecular weight excluding hydrogens is 140 g/mol. The highest BCUT2D eigenvalue weighted by molar-refractivity contribution is 4.75. The largest absolute Gasteiger partial charge is 0.381 e. The summed E-state index contributed by atoms with van der Waals surface area (Å²) in [6.07, 6.45) is 3.25. The van der Waals surface area contributed by atoms with Crippen LogP contribution in [0.4, 0.5) is 0 Å². The first-order chi connectivity index (χ1) is 5.12. The molecule has 0 aromatic heterocycles. The maximum Gasteiger partial charge on any atom is 0.0935 e. The molecule has 0 heterocycles. The van der Waals surface area contributed by atoms with Gasteiger partial charge in [0.15, 0.2) is 0 Å². The number of unbranched alkanes of at least 4 members (excludes halogenated alkanes) is 1. The van der Waals surface area contributed by atoms with Gasteiger partial charge in [-0.3, -0.25) is 5.32 Å². The average Bonchev–Trinajstić information content (AvgIpc) is 1.87. The summed E-state index contributed by atoms with van der Waals surface area (Å²) in [7, 11) is 0. The Labute approximate surface area is 69.0 Å². The van der Waals surface area contributed by atoms with Gasteiger partial charge in [-0.1, -0.05) is 6.42 Å². The molecule has 0 saturated heterocycles. The van der Waals surface area contributed by atoms with Crippen LogP contribution in [-0.2, 0) is 0 Å². The smallest absolute Gasteiger partial charge is 0.0935 e. The van der Waals surface area contributed by atoms with Crippen LogP contribution in [0, 0.1) is 0 Å². The van der Waals surface area contributed by atoms with Crippen molar-refractivity contribution in [3.05, 3.63) is 0 Å². The summed E-state index contributed by atoms with van der Waals surface area (Å²) in [5.74, 6) is 0. The van der Waals surface area contributed by atoms with Crippen LogP contribution in [0.5, 0.6) is 0 Å². The molecule has 0 aliphatic carbocycles. The van der Waals surface area contributed by atoms with Crippen LogP contribution in [0.2, 0.25) is 0 Å². The van der Waals surface area contributed by atoms with Crippen molar-refractivity contribution in [2.24, 2.45) is 5.73 Å². The second-order valence-corrected chi connectivity index (χ2v) is 3.46. The van der Waals surface area contributed by atoms with Gasteiger partial charge in [0.2, 0.25) is 0 Å². The van der Waals surface area contributed by atoms with Crippen LogP contribution in [-0.4, -0.2) is 23.9 Å². The predicted molar refractivity (Wildman–Crippen MR) is 47.2 cm³/mol. The molecule has 0 atom stereocenters. The van der Waals surface area contributed by atoms with Crippen molar-refractivity contribution in [3.8, 4) is 0 Å². The predicted octanol–water partition coefficient (Wildman–Crippen LogP) is 0.433. The zero-order chi connectivity index (χ0) is 8.74. The molecule has 68 valence electrons. The number of rotatable bonds is 6. The summed E-state index contributed by atoms with van der Waals surface area (Å²) in [4.78, 5) is 0. The highest BCUT2D eigenvalue weighted by atomic mass is 16.3. The number of hydrogen-bond acceptors (Lipinski definition) is 3. The third kappa shape index (κ3) is 6.28. The van der Waals surface area contributed by atoms with E-state index in [0.29, 0.717) is 0 Å². The zero-order valence-electron chi connectivity index (χ0n) is 7.56. The molecule has 0 aliphatic rings. The van der Waals surface area contributed by atoms with E-state index in [4.69, 9.17) is 10.8 Å². The normalized spacial score (nSPS) is 12.0. The lowest BCUT2D eigenvalue weighted by Gasteiger charge is -2.24. The zero-order valence-corrected chi connectivity index (χ0v) is 7.56. The quantitative estimate of drug-likeness (QED) is 0.390. The van der Waals surface area contributed by atoms with Crippen molar-refractivity contribution in [3.63, 3.8) is 0 Å².